The number of benzene rings is 1. The van der Waals surface area contributed by atoms with Crippen molar-refractivity contribution in [3.63, 3.8) is 0 Å². The number of nitrogens with one attached hydrogen (secondary N) is 2. The summed E-state index contributed by atoms with van der Waals surface area (Å²) in [6.45, 7) is 4.21. The number of hydrogen-bond donors (Lipinski definition) is 2. The second-order valence-corrected chi connectivity index (χ2v) is 7.59. The van der Waals surface area contributed by atoms with Gasteiger partial charge < -0.3 is 10.6 Å². The fourth-order valence-electron chi connectivity index (χ4n) is 3.61. The average molecular weight is 328 g/mol. The lowest BCUT2D eigenvalue weighted by Crippen LogP contribution is -2.45. The molecule has 0 aliphatic heterocycles. The van der Waals surface area contributed by atoms with Gasteiger partial charge in [0.15, 0.2) is 0 Å². The van der Waals surface area contributed by atoms with Crippen molar-refractivity contribution in [2.24, 2.45) is 5.41 Å². The Kier molecular flexibility index (Phi) is 4.93. The molecule has 0 unspecified atom stereocenters. The minimum Gasteiger partial charge on any atom is -0.352 e. The Morgan fingerprint density at radius 1 is 1.04 bits per heavy atom. The normalized spacial score (nSPS) is 19.8. The molecule has 0 bridgehead atoms. The molecule has 0 spiro atoms. The van der Waals surface area contributed by atoms with Crippen LogP contribution in [0.5, 0.6) is 0 Å². The Bertz CT molecular complexity index is 614. The van der Waals surface area contributed by atoms with Crippen molar-refractivity contribution in [1.82, 2.24) is 5.32 Å². The molecule has 0 heterocycles. The van der Waals surface area contributed by atoms with Crippen LogP contribution in [0.3, 0.4) is 0 Å². The molecule has 2 aliphatic carbocycles. The van der Waals surface area contributed by atoms with Gasteiger partial charge >= 0.3 is 0 Å². The molecule has 0 aromatic heterocycles. The minimum absolute atomic E-state index is 0.0751. The summed E-state index contributed by atoms with van der Waals surface area (Å²) in [6.07, 6.45) is 6.99. The van der Waals surface area contributed by atoms with E-state index >= 15 is 0 Å². The van der Waals surface area contributed by atoms with Crippen LogP contribution in [0, 0.1) is 5.41 Å². The van der Waals surface area contributed by atoms with Crippen molar-refractivity contribution in [3.8, 4) is 0 Å². The number of anilines is 1. The van der Waals surface area contributed by atoms with Gasteiger partial charge in [-0.05, 0) is 43.2 Å². The number of rotatable bonds is 5. The standard InChI is InChI=1S/C20H28N2O2/c1-14(2)16-10-6-7-11-17(16)22-19(24)20(12-13-20)18(23)21-15-8-4-3-5-9-15/h6-7,10-11,14-15H,3-5,8-9,12-13H2,1-2H3,(H,21,23)(H,22,24). The summed E-state index contributed by atoms with van der Waals surface area (Å²) in [5.41, 5.74) is 1.09. The second kappa shape index (κ2) is 6.96. The SMILES string of the molecule is CC(C)c1ccccc1NC(=O)C1(C(=O)NC2CCCCC2)CC1. The summed E-state index contributed by atoms with van der Waals surface area (Å²) in [5, 5.41) is 6.14. The summed E-state index contributed by atoms with van der Waals surface area (Å²) in [4.78, 5) is 25.5. The van der Waals surface area contributed by atoms with Crippen LogP contribution in [0.15, 0.2) is 24.3 Å². The number of carbonyl (C=O) groups is 2. The van der Waals surface area contributed by atoms with Gasteiger partial charge in [0.25, 0.3) is 0 Å². The van der Waals surface area contributed by atoms with Crippen molar-refractivity contribution >= 4 is 17.5 Å². The smallest absolute Gasteiger partial charge is 0.240 e. The van der Waals surface area contributed by atoms with Crippen LogP contribution < -0.4 is 10.6 Å². The molecule has 2 fully saturated rings. The highest BCUT2D eigenvalue weighted by Crippen LogP contribution is 2.47. The number of amides is 2. The van der Waals surface area contributed by atoms with E-state index in [4.69, 9.17) is 0 Å². The van der Waals surface area contributed by atoms with E-state index in [1.165, 1.54) is 19.3 Å². The van der Waals surface area contributed by atoms with Gasteiger partial charge in [-0.2, -0.15) is 0 Å². The monoisotopic (exact) mass is 328 g/mol. The Morgan fingerprint density at radius 2 is 1.71 bits per heavy atom. The Morgan fingerprint density at radius 3 is 2.33 bits per heavy atom. The predicted molar refractivity (Wildman–Crippen MR) is 95.8 cm³/mol. The molecule has 3 rings (SSSR count). The molecule has 130 valence electrons. The lowest BCUT2D eigenvalue weighted by Gasteiger charge is -2.25. The van der Waals surface area contributed by atoms with Gasteiger partial charge in [-0.1, -0.05) is 51.3 Å². The van der Waals surface area contributed by atoms with Gasteiger partial charge in [-0.25, -0.2) is 0 Å². The Labute approximate surface area is 144 Å². The van der Waals surface area contributed by atoms with Crippen LogP contribution in [0.25, 0.3) is 0 Å². The first-order valence-corrected chi connectivity index (χ1v) is 9.24. The largest absolute Gasteiger partial charge is 0.352 e. The third-order valence-electron chi connectivity index (χ3n) is 5.39. The molecule has 2 N–H and O–H groups in total. The highest BCUT2D eigenvalue weighted by Gasteiger charge is 2.56. The number of hydrogen-bond acceptors (Lipinski definition) is 2. The molecule has 1 aromatic rings. The summed E-state index contributed by atoms with van der Waals surface area (Å²) < 4.78 is 0. The van der Waals surface area contributed by atoms with E-state index in [-0.39, 0.29) is 17.9 Å². The topological polar surface area (TPSA) is 58.2 Å². The number of para-hydroxylation sites is 1. The molecule has 0 radical (unpaired) electrons. The maximum atomic E-state index is 12.8. The zero-order valence-corrected chi connectivity index (χ0v) is 14.7. The first kappa shape index (κ1) is 17.0. The first-order valence-electron chi connectivity index (χ1n) is 9.24. The molecule has 2 aliphatic rings. The molecule has 24 heavy (non-hydrogen) atoms. The third kappa shape index (κ3) is 3.47. The maximum absolute atomic E-state index is 12.8. The summed E-state index contributed by atoms with van der Waals surface area (Å²) in [5.74, 6) is 0.102. The molecule has 2 saturated carbocycles. The molecule has 4 nitrogen and oxygen atoms in total. The highest BCUT2D eigenvalue weighted by atomic mass is 16.2. The lowest BCUT2D eigenvalue weighted by molar-refractivity contribution is -0.135. The van der Waals surface area contributed by atoms with Crippen LogP contribution in [-0.2, 0) is 9.59 Å². The molecule has 0 saturated heterocycles. The second-order valence-electron chi connectivity index (χ2n) is 7.59. The van der Waals surface area contributed by atoms with Crippen LogP contribution in [-0.4, -0.2) is 17.9 Å². The predicted octanol–water partition coefficient (Wildman–Crippen LogP) is 3.98. The zero-order chi connectivity index (χ0) is 17.2. The maximum Gasteiger partial charge on any atom is 0.240 e. The summed E-state index contributed by atoms with van der Waals surface area (Å²) >= 11 is 0. The van der Waals surface area contributed by atoms with Crippen LogP contribution in [0.1, 0.15) is 70.3 Å². The zero-order valence-electron chi connectivity index (χ0n) is 14.7. The van der Waals surface area contributed by atoms with E-state index in [1.54, 1.807) is 0 Å². The van der Waals surface area contributed by atoms with Crippen molar-refractivity contribution in [1.29, 1.82) is 0 Å². The fraction of sp³-hybridized carbons (Fsp3) is 0.600. The lowest BCUT2D eigenvalue weighted by atomic mass is 9.94. The van der Waals surface area contributed by atoms with Gasteiger partial charge in [-0.15, -0.1) is 0 Å². The molecular weight excluding hydrogens is 300 g/mol. The molecule has 4 heteroatoms. The van der Waals surface area contributed by atoms with Crippen LogP contribution in [0.2, 0.25) is 0 Å². The van der Waals surface area contributed by atoms with E-state index in [9.17, 15) is 9.59 Å². The molecular formula is C20H28N2O2. The van der Waals surface area contributed by atoms with Gasteiger partial charge in [0, 0.05) is 11.7 Å². The van der Waals surface area contributed by atoms with Crippen LogP contribution >= 0.6 is 0 Å². The van der Waals surface area contributed by atoms with Gasteiger partial charge in [-0.3, -0.25) is 9.59 Å². The van der Waals surface area contributed by atoms with Gasteiger partial charge in [0.1, 0.15) is 5.41 Å². The van der Waals surface area contributed by atoms with Gasteiger partial charge in [0.05, 0.1) is 0 Å². The third-order valence-corrected chi connectivity index (χ3v) is 5.39. The van der Waals surface area contributed by atoms with E-state index < -0.39 is 5.41 Å². The Hall–Kier alpha value is -1.84. The minimum atomic E-state index is -0.846. The summed E-state index contributed by atoms with van der Waals surface area (Å²) in [6, 6.07) is 8.10. The van der Waals surface area contributed by atoms with Gasteiger partial charge in [0.2, 0.25) is 11.8 Å². The molecule has 1 aromatic carbocycles. The number of carbonyl (C=O) groups excluding carboxylic acids is 2. The Balaban J connectivity index is 1.67. The van der Waals surface area contributed by atoms with Crippen molar-refractivity contribution < 1.29 is 9.59 Å². The molecule has 0 atom stereocenters. The van der Waals surface area contributed by atoms with E-state index in [0.29, 0.717) is 18.8 Å². The van der Waals surface area contributed by atoms with Crippen molar-refractivity contribution in [2.45, 2.75) is 70.8 Å². The quantitative estimate of drug-likeness (QED) is 0.803. The van der Waals surface area contributed by atoms with E-state index in [1.807, 2.05) is 24.3 Å². The van der Waals surface area contributed by atoms with Crippen LogP contribution in [0.4, 0.5) is 5.69 Å². The first-order chi connectivity index (χ1) is 11.5. The van der Waals surface area contributed by atoms with Crippen molar-refractivity contribution in [3.05, 3.63) is 29.8 Å². The highest BCUT2D eigenvalue weighted by molar-refractivity contribution is 6.13. The molecule has 2 amide bonds. The van der Waals surface area contributed by atoms with E-state index in [2.05, 4.69) is 24.5 Å². The average Bonchev–Trinajstić information content (AvgIpc) is 3.38. The van der Waals surface area contributed by atoms with Crippen molar-refractivity contribution in [2.75, 3.05) is 5.32 Å². The van der Waals surface area contributed by atoms with E-state index in [0.717, 1.165) is 24.1 Å². The fourth-order valence-corrected chi connectivity index (χ4v) is 3.61. The summed E-state index contributed by atoms with van der Waals surface area (Å²) in [7, 11) is 0.